The van der Waals surface area contributed by atoms with Gasteiger partial charge in [0.1, 0.15) is 4.99 Å². The molecule has 0 radical (unpaired) electrons. The summed E-state index contributed by atoms with van der Waals surface area (Å²) >= 11 is 8.79. The Morgan fingerprint density at radius 3 is 2.78 bits per heavy atom. The maximum absolute atomic E-state index is 5.86. The molecule has 100 valence electrons. The molecule has 0 bridgehead atoms. The van der Waals surface area contributed by atoms with E-state index >= 15 is 0 Å². The van der Waals surface area contributed by atoms with Crippen molar-refractivity contribution in [2.24, 2.45) is 5.73 Å². The number of anilines is 1. The van der Waals surface area contributed by atoms with Crippen LogP contribution in [0.2, 0.25) is 0 Å². The Labute approximate surface area is 123 Å². The van der Waals surface area contributed by atoms with Crippen molar-refractivity contribution in [1.82, 2.24) is 0 Å². The molecule has 0 saturated heterocycles. The van der Waals surface area contributed by atoms with Gasteiger partial charge in [0.15, 0.2) is 0 Å². The molecule has 3 N–H and O–H groups in total. The smallest absolute Gasteiger partial charge is 0.107 e. The lowest BCUT2D eigenvalue weighted by atomic mass is 10.1. The second-order valence-corrected chi connectivity index (χ2v) is 6.93. The second kappa shape index (κ2) is 7.92. The summed E-state index contributed by atoms with van der Waals surface area (Å²) in [5, 5.41) is 4.00. The summed E-state index contributed by atoms with van der Waals surface area (Å²) in [6.07, 6.45) is 2.12. The van der Waals surface area contributed by atoms with Crippen LogP contribution < -0.4 is 11.1 Å². The fraction of sp³-hybridized carbons (Fsp3) is 0.462. The molecular formula is C13H20N2S3. The number of benzene rings is 1. The highest BCUT2D eigenvalue weighted by atomic mass is 32.2. The van der Waals surface area contributed by atoms with Crippen molar-refractivity contribution in [1.29, 1.82) is 0 Å². The van der Waals surface area contributed by atoms with Gasteiger partial charge in [0.2, 0.25) is 0 Å². The minimum Gasteiger partial charge on any atom is -0.389 e. The average Bonchev–Trinajstić information content (AvgIpc) is 2.36. The number of nitrogens with one attached hydrogen (secondary N) is 1. The van der Waals surface area contributed by atoms with E-state index < -0.39 is 0 Å². The standard InChI is InChI=1S/C13H20N2S3/c1-4-18-11-7-5-6-10(12(11)13(14)16)15-8-9(2)17-3/h5-7,9,15H,4,8H2,1-3H3,(H2,14,16). The van der Waals surface area contributed by atoms with Crippen LogP contribution >= 0.6 is 35.7 Å². The predicted molar refractivity (Wildman–Crippen MR) is 90.2 cm³/mol. The summed E-state index contributed by atoms with van der Waals surface area (Å²) in [4.78, 5) is 1.62. The molecule has 1 atom stereocenters. The molecule has 0 saturated carbocycles. The first kappa shape index (κ1) is 15.7. The molecule has 18 heavy (non-hydrogen) atoms. The highest BCUT2D eigenvalue weighted by Crippen LogP contribution is 2.28. The van der Waals surface area contributed by atoms with Gasteiger partial charge in [0.25, 0.3) is 0 Å². The van der Waals surface area contributed by atoms with Crippen molar-refractivity contribution in [2.45, 2.75) is 24.0 Å². The van der Waals surface area contributed by atoms with Crippen LogP contribution in [0.3, 0.4) is 0 Å². The molecule has 0 aromatic heterocycles. The predicted octanol–water partition coefficient (Wildman–Crippen LogP) is 3.60. The Kier molecular flexibility index (Phi) is 6.89. The summed E-state index contributed by atoms with van der Waals surface area (Å²) < 4.78 is 0. The van der Waals surface area contributed by atoms with Crippen LogP contribution in [0.1, 0.15) is 19.4 Å². The molecule has 2 nitrogen and oxygen atoms in total. The zero-order valence-electron chi connectivity index (χ0n) is 11.0. The lowest BCUT2D eigenvalue weighted by Crippen LogP contribution is -2.18. The molecule has 0 heterocycles. The molecule has 0 spiro atoms. The van der Waals surface area contributed by atoms with Crippen LogP contribution in [0.4, 0.5) is 5.69 Å². The van der Waals surface area contributed by atoms with Gasteiger partial charge in [-0.15, -0.1) is 11.8 Å². The molecular weight excluding hydrogens is 280 g/mol. The maximum atomic E-state index is 5.86. The molecule has 1 aromatic rings. The van der Waals surface area contributed by atoms with Crippen LogP contribution in [-0.4, -0.2) is 28.8 Å². The van der Waals surface area contributed by atoms with E-state index in [9.17, 15) is 0 Å². The van der Waals surface area contributed by atoms with Gasteiger partial charge in [-0.25, -0.2) is 0 Å². The summed E-state index contributed by atoms with van der Waals surface area (Å²) in [6.45, 7) is 5.24. The second-order valence-electron chi connectivity index (χ2n) is 3.90. The van der Waals surface area contributed by atoms with E-state index in [2.05, 4.69) is 31.5 Å². The van der Waals surface area contributed by atoms with Gasteiger partial charge in [-0.3, -0.25) is 0 Å². The van der Waals surface area contributed by atoms with Gasteiger partial charge in [0.05, 0.1) is 0 Å². The number of thiocarbonyl (C=S) groups is 1. The zero-order valence-corrected chi connectivity index (χ0v) is 13.5. The molecule has 1 unspecified atom stereocenters. The van der Waals surface area contributed by atoms with Gasteiger partial charge in [-0.2, -0.15) is 11.8 Å². The lowest BCUT2D eigenvalue weighted by molar-refractivity contribution is 1.00. The van der Waals surface area contributed by atoms with E-state index in [-0.39, 0.29) is 0 Å². The minimum absolute atomic E-state index is 0.464. The molecule has 0 fully saturated rings. The van der Waals surface area contributed by atoms with E-state index in [0.29, 0.717) is 10.2 Å². The Bertz CT molecular complexity index is 407. The molecule has 5 heteroatoms. The third-order valence-corrected chi connectivity index (χ3v) is 4.67. The Morgan fingerprint density at radius 1 is 1.50 bits per heavy atom. The van der Waals surface area contributed by atoms with E-state index in [1.165, 1.54) is 0 Å². The van der Waals surface area contributed by atoms with Crippen molar-refractivity contribution in [3.8, 4) is 0 Å². The van der Waals surface area contributed by atoms with Crippen molar-refractivity contribution in [3.63, 3.8) is 0 Å². The molecule has 0 amide bonds. The quantitative estimate of drug-likeness (QED) is 0.594. The average molecular weight is 301 g/mol. The Hall–Kier alpha value is -0.390. The summed E-state index contributed by atoms with van der Waals surface area (Å²) in [6, 6.07) is 6.17. The number of rotatable bonds is 7. The van der Waals surface area contributed by atoms with Crippen molar-refractivity contribution < 1.29 is 0 Å². The SMILES string of the molecule is CCSc1cccc(NCC(C)SC)c1C(N)=S. The molecule has 0 aliphatic carbocycles. The van der Waals surface area contributed by atoms with Crippen molar-refractivity contribution >= 4 is 46.4 Å². The summed E-state index contributed by atoms with van der Waals surface area (Å²) in [5.74, 6) is 1.01. The number of hydrogen-bond donors (Lipinski definition) is 2. The van der Waals surface area contributed by atoms with Gasteiger partial charge < -0.3 is 11.1 Å². The van der Waals surface area contributed by atoms with Crippen LogP contribution in [0, 0.1) is 0 Å². The monoisotopic (exact) mass is 300 g/mol. The zero-order chi connectivity index (χ0) is 13.5. The topological polar surface area (TPSA) is 38.0 Å². The van der Waals surface area contributed by atoms with Crippen LogP contribution in [0.25, 0.3) is 0 Å². The molecule has 1 aromatic carbocycles. The van der Waals surface area contributed by atoms with Crippen molar-refractivity contribution in [3.05, 3.63) is 23.8 Å². The normalized spacial score (nSPS) is 12.2. The Balaban J connectivity index is 2.95. The van der Waals surface area contributed by atoms with Crippen molar-refractivity contribution in [2.75, 3.05) is 23.9 Å². The summed E-state index contributed by atoms with van der Waals surface area (Å²) in [5.41, 5.74) is 7.88. The Morgan fingerprint density at radius 2 is 2.22 bits per heavy atom. The minimum atomic E-state index is 0.464. The van der Waals surface area contributed by atoms with Gasteiger partial charge in [-0.05, 0) is 24.1 Å². The first-order chi connectivity index (χ1) is 8.60. The molecule has 1 rings (SSSR count). The maximum Gasteiger partial charge on any atom is 0.107 e. The van der Waals surface area contributed by atoms with E-state index in [1.807, 2.05) is 23.9 Å². The highest BCUT2D eigenvalue weighted by molar-refractivity contribution is 7.99. The third kappa shape index (κ3) is 4.37. The third-order valence-electron chi connectivity index (χ3n) is 2.55. The van der Waals surface area contributed by atoms with E-state index in [4.69, 9.17) is 18.0 Å². The lowest BCUT2D eigenvalue weighted by Gasteiger charge is -2.16. The van der Waals surface area contributed by atoms with E-state index in [1.54, 1.807) is 11.8 Å². The fourth-order valence-corrected chi connectivity index (χ4v) is 2.93. The number of nitrogens with two attached hydrogens (primary N) is 1. The number of hydrogen-bond acceptors (Lipinski definition) is 4. The first-order valence-corrected chi connectivity index (χ1v) is 8.60. The first-order valence-electron chi connectivity index (χ1n) is 5.92. The summed E-state index contributed by atoms with van der Waals surface area (Å²) in [7, 11) is 0. The molecule has 0 aliphatic heterocycles. The van der Waals surface area contributed by atoms with E-state index in [0.717, 1.165) is 28.4 Å². The largest absolute Gasteiger partial charge is 0.389 e. The molecule has 0 aliphatic rings. The van der Waals surface area contributed by atoms with Crippen LogP contribution in [0.5, 0.6) is 0 Å². The van der Waals surface area contributed by atoms with Gasteiger partial charge >= 0.3 is 0 Å². The van der Waals surface area contributed by atoms with Gasteiger partial charge in [-0.1, -0.05) is 32.1 Å². The number of thioether (sulfide) groups is 2. The van der Waals surface area contributed by atoms with Crippen LogP contribution in [-0.2, 0) is 0 Å². The fourth-order valence-electron chi connectivity index (χ4n) is 1.55. The highest BCUT2D eigenvalue weighted by Gasteiger charge is 2.11. The van der Waals surface area contributed by atoms with Gasteiger partial charge in [0, 0.05) is 27.9 Å². The van der Waals surface area contributed by atoms with Crippen LogP contribution in [0.15, 0.2) is 23.1 Å².